The maximum atomic E-state index is 12.6. The van der Waals surface area contributed by atoms with Crippen molar-refractivity contribution in [2.75, 3.05) is 39.5 Å². The molecule has 160 valence electrons. The second-order valence-electron chi connectivity index (χ2n) is 8.41. The van der Waals surface area contributed by atoms with Gasteiger partial charge in [0.15, 0.2) is 0 Å². The van der Waals surface area contributed by atoms with Gasteiger partial charge in [-0.1, -0.05) is 18.2 Å². The molecule has 0 aliphatic carbocycles. The Bertz CT molecular complexity index is 868. The number of hydrogen-bond acceptors (Lipinski definition) is 5. The van der Waals surface area contributed by atoms with Crippen LogP contribution in [0.3, 0.4) is 0 Å². The average Bonchev–Trinajstić information content (AvgIpc) is 3.46. The number of carbonyl (C=O) groups excluding carboxylic acids is 1. The first-order valence-electron chi connectivity index (χ1n) is 11.0. The summed E-state index contributed by atoms with van der Waals surface area (Å²) in [6, 6.07) is 10.2. The van der Waals surface area contributed by atoms with Crippen LogP contribution in [0.25, 0.3) is 5.69 Å². The molecular weight excluding hydrogens is 382 g/mol. The van der Waals surface area contributed by atoms with Crippen molar-refractivity contribution in [1.29, 1.82) is 0 Å². The lowest BCUT2D eigenvalue weighted by Crippen LogP contribution is -2.49. The topological polar surface area (TPSA) is 65.8 Å². The summed E-state index contributed by atoms with van der Waals surface area (Å²) in [7, 11) is 0. The summed E-state index contributed by atoms with van der Waals surface area (Å²) < 4.78 is 19.4. The number of benzene rings is 1. The van der Waals surface area contributed by atoms with Gasteiger partial charge in [-0.25, -0.2) is 4.68 Å². The smallest absolute Gasteiger partial charge is 0.248 e. The predicted molar refractivity (Wildman–Crippen MR) is 111 cm³/mol. The van der Waals surface area contributed by atoms with Crippen LogP contribution in [0.2, 0.25) is 0 Å². The second kappa shape index (κ2) is 8.49. The molecule has 1 atom stereocenters. The van der Waals surface area contributed by atoms with E-state index in [1.165, 1.54) is 5.56 Å². The van der Waals surface area contributed by atoms with Crippen LogP contribution in [0, 0.1) is 0 Å². The molecule has 0 N–H and O–H groups in total. The van der Waals surface area contributed by atoms with Crippen LogP contribution in [0.5, 0.6) is 0 Å². The van der Waals surface area contributed by atoms with Crippen LogP contribution >= 0.6 is 0 Å². The van der Waals surface area contributed by atoms with Crippen molar-refractivity contribution >= 4 is 5.91 Å². The third-order valence-electron chi connectivity index (χ3n) is 6.47. The van der Waals surface area contributed by atoms with E-state index >= 15 is 0 Å². The molecule has 7 nitrogen and oxygen atoms in total. The van der Waals surface area contributed by atoms with E-state index < -0.39 is 0 Å². The van der Waals surface area contributed by atoms with Gasteiger partial charge in [0.05, 0.1) is 30.7 Å². The van der Waals surface area contributed by atoms with Crippen LogP contribution in [-0.2, 0) is 31.0 Å². The summed E-state index contributed by atoms with van der Waals surface area (Å²) in [6.45, 7) is 3.47. The lowest BCUT2D eigenvalue weighted by Gasteiger charge is -2.43. The fourth-order valence-corrected chi connectivity index (χ4v) is 4.76. The SMILES string of the molecule is O=C(COCC1CCCO1)N1CCC2(CC1)OCCc1cn(-c3ccccc3)nc12. The van der Waals surface area contributed by atoms with Crippen molar-refractivity contribution in [2.45, 2.75) is 43.8 Å². The van der Waals surface area contributed by atoms with Gasteiger partial charge in [0.1, 0.15) is 12.2 Å². The van der Waals surface area contributed by atoms with E-state index in [1.807, 2.05) is 27.8 Å². The standard InChI is InChI=1S/C23H29N3O4/c27-21(17-28-16-20-7-4-13-29-20)25-11-9-23(10-12-25)22-18(8-14-30-23)15-26(24-22)19-5-2-1-3-6-19/h1-3,5-6,15,20H,4,7-14,16-17H2. The first-order valence-corrected chi connectivity index (χ1v) is 11.0. The molecule has 1 unspecified atom stereocenters. The van der Waals surface area contributed by atoms with Crippen LogP contribution in [0.4, 0.5) is 0 Å². The van der Waals surface area contributed by atoms with Gasteiger partial charge in [0.25, 0.3) is 0 Å². The number of aromatic nitrogens is 2. The van der Waals surface area contributed by atoms with Crippen LogP contribution < -0.4 is 0 Å². The Balaban J connectivity index is 1.22. The van der Waals surface area contributed by atoms with E-state index in [0.29, 0.717) is 26.3 Å². The summed E-state index contributed by atoms with van der Waals surface area (Å²) in [6.07, 6.45) is 6.80. The van der Waals surface area contributed by atoms with Gasteiger partial charge in [-0.3, -0.25) is 4.79 Å². The Labute approximate surface area is 176 Å². The summed E-state index contributed by atoms with van der Waals surface area (Å²) in [5.74, 6) is 0.0497. The molecule has 7 heteroatoms. The minimum atomic E-state index is -0.386. The van der Waals surface area contributed by atoms with E-state index in [0.717, 1.165) is 50.1 Å². The van der Waals surface area contributed by atoms with Crippen LogP contribution in [0.15, 0.2) is 36.5 Å². The van der Waals surface area contributed by atoms with E-state index in [4.69, 9.17) is 19.3 Å². The molecule has 1 aromatic carbocycles. The number of piperidine rings is 1. The maximum absolute atomic E-state index is 12.6. The quantitative estimate of drug-likeness (QED) is 0.756. The van der Waals surface area contributed by atoms with Gasteiger partial charge in [0, 0.05) is 25.9 Å². The summed E-state index contributed by atoms with van der Waals surface area (Å²) >= 11 is 0. The molecule has 2 saturated heterocycles. The molecule has 1 spiro atoms. The van der Waals surface area contributed by atoms with E-state index in [2.05, 4.69) is 18.3 Å². The Hall–Kier alpha value is -2.22. The van der Waals surface area contributed by atoms with Crippen molar-refractivity contribution < 1.29 is 19.0 Å². The number of para-hydroxylation sites is 1. The zero-order chi connectivity index (χ0) is 20.4. The molecular formula is C23H29N3O4. The van der Waals surface area contributed by atoms with Gasteiger partial charge in [-0.05, 0) is 49.8 Å². The van der Waals surface area contributed by atoms with E-state index in [-0.39, 0.29) is 24.2 Å². The number of carbonyl (C=O) groups is 1. The van der Waals surface area contributed by atoms with Crippen LogP contribution in [-0.4, -0.2) is 66.2 Å². The summed E-state index contributed by atoms with van der Waals surface area (Å²) in [5.41, 5.74) is 2.96. The van der Waals surface area contributed by atoms with Crippen molar-refractivity contribution in [2.24, 2.45) is 0 Å². The number of likely N-dealkylation sites (tertiary alicyclic amines) is 1. The largest absolute Gasteiger partial charge is 0.376 e. The summed E-state index contributed by atoms with van der Waals surface area (Å²) in [5, 5.41) is 4.91. The molecule has 2 aromatic rings. The molecule has 0 radical (unpaired) electrons. The Morgan fingerprint density at radius 3 is 2.80 bits per heavy atom. The van der Waals surface area contributed by atoms with E-state index in [1.54, 1.807) is 0 Å². The third kappa shape index (κ3) is 3.89. The van der Waals surface area contributed by atoms with Gasteiger partial charge in [-0.2, -0.15) is 5.10 Å². The number of hydrogen-bond donors (Lipinski definition) is 0. The molecule has 3 aliphatic rings. The number of fused-ring (bicyclic) bond motifs is 2. The van der Waals surface area contributed by atoms with Gasteiger partial charge in [-0.15, -0.1) is 0 Å². The van der Waals surface area contributed by atoms with Gasteiger partial charge in [0.2, 0.25) is 5.91 Å². The fraction of sp³-hybridized carbons (Fsp3) is 0.565. The molecule has 1 aromatic heterocycles. The summed E-state index contributed by atoms with van der Waals surface area (Å²) in [4.78, 5) is 14.5. The molecule has 30 heavy (non-hydrogen) atoms. The highest BCUT2D eigenvalue weighted by Crippen LogP contribution is 2.41. The van der Waals surface area contributed by atoms with E-state index in [9.17, 15) is 4.79 Å². The molecule has 0 saturated carbocycles. The Morgan fingerprint density at radius 2 is 2.03 bits per heavy atom. The first kappa shape index (κ1) is 19.7. The monoisotopic (exact) mass is 411 g/mol. The molecule has 5 rings (SSSR count). The highest BCUT2D eigenvalue weighted by molar-refractivity contribution is 5.77. The van der Waals surface area contributed by atoms with Crippen molar-refractivity contribution in [3.63, 3.8) is 0 Å². The average molecular weight is 412 g/mol. The van der Waals surface area contributed by atoms with Gasteiger partial charge >= 0.3 is 0 Å². The zero-order valence-corrected chi connectivity index (χ0v) is 17.3. The predicted octanol–water partition coefficient (Wildman–Crippen LogP) is 2.46. The lowest BCUT2D eigenvalue weighted by molar-refractivity contribution is -0.146. The number of nitrogens with zero attached hydrogens (tertiary/aromatic N) is 3. The highest BCUT2D eigenvalue weighted by Gasteiger charge is 2.44. The van der Waals surface area contributed by atoms with Crippen molar-refractivity contribution in [3.8, 4) is 5.69 Å². The zero-order valence-electron chi connectivity index (χ0n) is 17.3. The Kier molecular flexibility index (Phi) is 5.58. The number of ether oxygens (including phenoxy) is 3. The fourth-order valence-electron chi connectivity index (χ4n) is 4.76. The van der Waals surface area contributed by atoms with Gasteiger partial charge < -0.3 is 19.1 Å². The van der Waals surface area contributed by atoms with Crippen molar-refractivity contribution in [1.82, 2.24) is 14.7 Å². The maximum Gasteiger partial charge on any atom is 0.248 e. The lowest BCUT2D eigenvalue weighted by atomic mass is 9.84. The van der Waals surface area contributed by atoms with Crippen molar-refractivity contribution in [3.05, 3.63) is 47.8 Å². The molecule has 2 fully saturated rings. The Morgan fingerprint density at radius 1 is 1.20 bits per heavy atom. The number of amides is 1. The first-order chi connectivity index (χ1) is 14.7. The second-order valence-corrected chi connectivity index (χ2v) is 8.41. The third-order valence-corrected chi connectivity index (χ3v) is 6.47. The molecule has 4 heterocycles. The molecule has 0 bridgehead atoms. The minimum absolute atomic E-state index is 0.0497. The minimum Gasteiger partial charge on any atom is -0.376 e. The normalized spacial score (nSPS) is 22.9. The molecule has 3 aliphatic heterocycles. The van der Waals surface area contributed by atoms with Crippen LogP contribution in [0.1, 0.15) is 36.9 Å². The number of rotatable bonds is 5. The molecule has 1 amide bonds. The highest BCUT2D eigenvalue weighted by atomic mass is 16.5.